The quantitative estimate of drug-likeness (QED) is 0.257. The summed E-state index contributed by atoms with van der Waals surface area (Å²) in [5.74, 6) is -0.473. The summed E-state index contributed by atoms with van der Waals surface area (Å²) in [5, 5.41) is 6.39. The van der Waals surface area contributed by atoms with Crippen molar-refractivity contribution >= 4 is 45.6 Å². The number of nitrogens with zero attached hydrogens (tertiary/aromatic N) is 1. The highest BCUT2D eigenvalue weighted by Crippen LogP contribution is 2.40. The third kappa shape index (κ3) is 11.2. The molecule has 0 bridgehead atoms. The van der Waals surface area contributed by atoms with E-state index in [1.165, 1.54) is 32.0 Å². The van der Waals surface area contributed by atoms with Crippen molar-refractivity contribution in [3.05, 3.63) is 58.5 Å². The Balaban J connectivity index is 0.000000345. The molecule has 0 unspecified atom stereocenters. The normalized spacial score (nSPS) is 13.8. The number of ether oxygens (including phenoxy) is 1. The van der Waals surface area contributed by atoms with Gasteiger partial charge in [0.05, 0.1) is 0 Å². The summed E-state index contributed by atoms with van der Waals surface area (Å²) in [7, 11) is 4.24. The lowest BCUT2D eigenvalue weighted by molar-refractivity contribution is -0.153. The summed E-state index contributed by atoms with van der Waals surface area (Å²) < 4.78 is 53.3. The van der Waals surface area contributed by atoms with Crippen LogP contribution in [0.2, 0.25) is 0 Å². The first-order chi connectivity index (χ1) is 19.5. The molecule has 13 heteroatoms. The molecule has 8 nitrogen and oxygen atoms in total. The fourth-order valence-electron chi connectivity index (χ4n) is 3.86. The Morgan fingerprint density at radius 3 is 2.32 bits per heavy atom. The van der Waals surface area contributed by atoms with E-state index >= 15 is 0 Å². The number of halogens is 4. The number of benzene rings is 2. The van der Waals surface area contributed by atoms with Gasteiger partial charge in [-0.05, 0) is 81.3 Å². The van der Waals surface area contributed by atoms with Crippen molar-refractivity contribution in [2.75, 3.05) is 45.7 Å². The first-order valence-electron chi connectivity index (χ1n) is 12.6. The molecule has 2 N–H and O–H groups in total. The second-order valence-corrected chi connectivity index (χ2v) is 10.2. The molecule has 1 amide bonds. The Bertz CT molecular complexity index is 1260. The number of piperidine rings is 1. The SMILES string of the molecule is CNC1CCN(C)CC1.Cc1cc2sc(C=O)c(OCC(F)(F)F)c2cc1NC(=O)c1ccccc1.O=CCOF. The van der Waals surface area contributed by atoms with Crippen LogP contribution in [0.25, 0.3) is 10.1 Å². The van der Waals surface area contributed by atoms with E-state index in [0.29, 0.717) is 39.5 Å². The molecule has 4 rings (SSSR count). The Hall–Kier alpha value is -3.39. The molecule has 1 aliphatic heterocycles. The topological polar surface area (TPSA) is 97.0 Å². The van der Waals surface area contributed by atoms with Crippen LogP contribution >= 0.6 is 11.3 Å². The third-order valence-electron chi connectivity index (χ3n) is 6.04. The summed E-state index contributed by atoms with van der Waals surface area (Å²) in [6, 6.07) is 12.5. The van der Waals surface area contributed by atoms with Crippen LogP contribution in [-0.4, -0.2) is 76.0 Å². The minimum atomic E-state index is -4.52. The van der Waals surface area contributed by atoms with Gasteiger partial charge in [-0.15, -0.1) is 11.3 Å². The number of anilines is 1. The molecule has 1 aromatic heterocycles. The highest BCUT2D eigenvalue weighted by molar-refractivity contribution is 7.21. The van der Waals surface area contributed by atoms with E-state index in [0.717, 1.165) is 17.4 Å². The van der Waals surface area contributed by atoms with Gasteiger partial charge in [-0.3, -0.25) is 9.59 Å². The summed E-state index contributed by atoms with van der Waals surface area (Å²) in [6.45, 7) is 2.31. The van der Waals surface area contributed by atoms with Gasteiger partial charge >= 0.3 is 6.18 Å². The van der Waals surface area contributed by atoms with Gasteiger partial charge in [0.25, 0.3) is 5.91 Å². The van der Waals surface area contributed by atoms with Crippen LogP contribution in [-0.2, 0) is 9.74 Å². The van der Waals surface area contributed by atoms with Crippen LogP contribution in [0.3, 0.4) is 0 Å². The first kappa shape index (κ1) is 33.8. The van der Waals surface area contributed by atoms with E-state index in [2.05, 4.69) is 34.6 Å². The molecule has 3 aromatic rings. The van der Waals surface area contributed by atoms with E-state index in [-0.39, 0.29) is 16.5 Å². The second-order valence-electron chi connectivity index (χ2n) is 9.11. The lowest BCUT2D eigenvalue weighted by Crippen LogP contribution is -2.39. The monoisotopic (exact) mass is 599 g/mol. The molecule has 0 atom stereocenters. The Kier molecular flexibility index (Phi) is 13.8. The van der Waals surface area contributed by atoms with Crippen molar-refractivity contribution in [2.45, 2.75) is 32.0 Å². The predicted molar refractivity (Wildman–Crippen MR) is 151 cm³/mol. The fraction of sp³-hybridized carbons (Fsp3) is 0.393. The van der Waals surface area contributed by atoms with Crippen LogP contribution in [0.15, 0.2) is 42.5 Å². The van der Waals surface area contributed by atoms with Crippen LogP contribution in [0.4, 0.5) is 23.4 Å². The molecule has 1 aliphatic rings. The van der Waals surface area contributed by atoms with E-state index in [1.54, 1.807) is 43.3 Å². The van der Waals surface area contributed by atoms with Gasteiger partial charge in [0, 0.05) is 27.4 Å². The van der Waals surface area contributed by atoms with Crippen molar-refractivity contribution < 1.29 is 41.8 Å². The van der Waals surface area contributed by atoms with Gasteiger partial charge in [0.2, 0.25) is 0 Å². The van der Waals surface area contributed by atoms with Crippen molar-refractivity contribution in [2.24, 2.45) is 0 Å². The lowest BCUT2D eigenvalue weighted by Gasteiger charge is -2.28. The summed E-state index contributed by atoms with van der Waals surface area (Å²) in [4.78, 5) is 37.9. The minimum absolute atomic E-state index is 0.0696. The molecule has 0 aliphatic carbocycles. The van der Waals surface area contributed by atoms with Crippen molar-refractivity contribution in [1.82, 2.24) is 10.2 Å². The van der Waals surface area contributed by atoms with Gasteiger partial charge in [0.15, 0.2) is 12.9 Å². The Morgan fingerprint density at radius 2 is 1.80 bits per heavy atom. The lowest BCUT2D eigenvalue weighted by atomic mass is 10.1. The van der Waals surface area contributed by atoms with Crippen LogP contribution in [0.5, 0.6) is 5.75 Å². The number of nitrogens with one attached hydrogen (secondary N) is 2. The molecular formula is C28H33F4N3O5S. The highest BCUT2D eigenvalue weighted by atomic mass is 32.1. The largest absolute Gasteiger partial charge is 0.482 e. The van der Waals surface area contributed by atoms with E-state index in [1.807, 2.05) is 0 Å². The molecule has 2 heterocycles. The second kappa shape index (κ2) is 16.8. The third-order valence-corrected chi connectivity index (χ3v) is 7.10. The number of alkyl halides is 3. The number of carbonyl (C=O) groups excluding carboxylic acids is 3. The molecule has 41 heavy (non-hydrogen) atoms. The first-order valence-corrected chi connectivity index (χ1v) is 13.5. The molecule has 224 valence electrons. The van der Waals surface area contributed by atoms with Crippen molar-refractivity contribution in [3.63, 3.8) is 0 Å². The molecule has 0 radical (unpaired) electrons. The predicted octanol–water partition coefficient (Wildman–Crippen LogP) is 5.60. The molecule has 2 aromatic carbocycles. The molecule has 1 fully saturated rings. The van der Waals surface area contributed by atoms with Gasteiger partial charge in [-0.25, -0.2) is 0 Å². The number of thiophene rings is 1. The van der Waals surface area contributed by atoms with E-state index in [9.17, 15) is 27.3 Å². The van der Waals surface area contributed by atoms with Crippen molar-refractivity contribution in [1.29, 1.82) is 0 Å². The number of hydrogen-bond donors (Lipinski definition) is 2. The number of hydrogen-bond acceptors (Lipinski definition) is 8. The number of carbonyl (C=O) groups is 3. The average molecular weight is 600 g/mol. The van der Waals surface area contributed by atoms with Crippen LogP contribution < -0.4 is 15.4 Å². The molecule has 1 saturated heterocycles. The smallest absolute Gasteiger partial charge is 0.422 e. The zero-order valence-corrected chi connectivity index (χ0v) is 23.7. The molecular weight excluding hydrogens is 566 g/mol. The number of aldehydes is 2. The van der Waals surface area contributed by atoms with Crippen molar-refractivity contribution in [3.8, 4) is 5.75 Å². The van der Waals surface area contributed by atoms with Gasteiger partial charge < -0.3 is 25.1 Å². The molecule has 0 spiro atoms. The Morgan fingerprint density at radius 1 is 1.15 bits per heavy atom. The standard InChI is InChI=1S/C19H14F3NO3S.C7H16N2.C2H3FO2/c1-11-7-15-13(17(16(9-24)27-15)26-10-19(20,21)22)8-14(11)23-18(25)12-5-3-2-4-6-12;1-8-7-3-5-9(2)6-4-7;3-5-2-1-4/h2-9H,10H2,1H3,(H,23,25);7-8H,3-6H2,1-2H3;1H,2H2. The maximum atomic E-state index is 12.5. The van der Waals surface area contributed by atoms with Crippen LogP contribution in [0, 0.1) is 6.92 Å². The summed E-state index contributed by atoms with van der Waals surface area (Å²) in [5.41, 5.74) is 1.60. The van der Waals surface area contributed by atoms with Gasteiger partial charge in [-0.1, -0.05) is 18.2 Å². The number of rotatable bonds is 8. The van der Waals surface area contributed by atoms with E-state index in [4.69, 9.17) is 9.53 Å². The van der Waals surface area contributed by atoms with E-state index < -0.39 is 19.4 Å². The van der Waals surface area contributed by atoms with Gasteiger partial charge in [0.1, 0.15) is 23.5 Å². The summed E-state index contributed by atoms with van der Waals surface area (Å²) >= 11 is 1.04. The maximum absolute atomic E-state index is 12.5. The number of fused-ring (bicyclic) bond motifs is 1. The van der Waals surface area contributed by atoms with Crippen LogP contribution in [0.1, 0.15) is 38.4 Å². The molecule has 0 saturated carbocycles. The Labute approximate surface area is 239 Å². The zero-order valence-electron chi connectivity index (χ0n) is 22.9. The number of amides is 1. The highest BCUT2D eigenvalue weighted by Gasteiger charge is 2.30. The average Bonchev–Trinajstić information content (AvgIpc) is 3.30. The fourth-order valence-corrected chi connectivity index (χ4v) is 4.91. The number of aryl methyl sites for hydroxylation is 1. The minimum Gasteiger partial charge on any atom is -0.482 e. The van der Waals surface area contributed by atoms with Gasteiger partial charge in [-0.2, -0.15) is 18.1 Å². The maximum Gasteiger partial charge on any atom is 0.422 e. The number of likely N-dealkylation sites (tertiary alicyclic amines) is 1. The summed E-state index contributed by atoms with van der Waals surface area (Å²) in [6.07, 6.45) is -1.10. The zero-order chi connectivity index (χ0) is 30.4.